The van der Waals surface area contributed by atoms with Gasteiger partial charge in [0.05, 0.1) is 21.5 Å². The summed E-state index contributed by atoms with van der Waals surface area (Å²) in [4.78, 5) is 0. The zero-order chi connectivity index (χ0) is 15.8. The lowest BCUT2D eigenvalue weighted by atomic mass is 9.90. The minimum absolute atomic E-state index is 0.300. The van der Waals surface area contributed by atoms with Gasteiger partial charge in [-0.1, -0.05) is 19.1 Å². The van der Waals surface area contributed by atoms with Crippen LogP contribution in [0.15, 0.2) is 22.7 Å². The summed E-state index contributed by atoms with van der Waals surface area (Å²) in [5, 5.41) is 15.2. The van der Waals surface area contributed by atoms with E-state index < -0.39 is 5.60 Å². The molecule has 0 saturated carbocycles. The highest BCUT2D eigenvalue weighted by Crippen LogP contribution is 2.31. The molecule has 2 aromatic rings. The van der Waals surface area contributed by atoms with Gasteiger partial charge in [-0.2, -0.15) is 5.10 Å². The Bertz CT molecular complexity index is 665. The first kappa shape index (κ1) is 16.2. The Hall–Kier alpha value is -1.20. The van der Waals surface area contributed by atoms with Crippen LogP contribution in [0.3, 0.4) is 0 Å². The number of benzene rings is 1. The van der Waals surface area contributed by atoms with E-state index in [0.29, 0.717) is 17.5 Å². The van der Waals surface area contributed by atoms with Crippen LogP contribution in [-0.4, -0.2) is 14.9 Å². The fourth-order valence-electron chi connectivity index (χ4n) is 2.37. The normalized spacial score (nSPS) is 14.2. The van der Waals surface area contributed by atoms with Crippen LogP contribution >= 0.6 is 15.9 Å². The van der Waals surface area contributed by atoms with E-state index in [9.17, 15) is 9.50 Å². The summed E-state index contributed by atoms with van der Waals surface area (Å²) in [5.41, 5.74) is 1.84. The molecule has 1 N–H and O–H groups in total. The van der Waals surface area contributed by atoms with Gasteiger partial charge in [-0.3, -0.25) is 4.68 Å². The maximum absolute atomic E-state index is 13.7. The number of nitrogens with zero attached hydrogens (tertiary/aromatic N) is 2. The minimum atomic E-state index is -1.16. The average molecular weight is 355 g/mol. The largest absolute Gasteiger partial charge is 0.385 e. The second-order valence-electron chi connectivity index (χ2n) is 5.60. The summed E-state index contributed by atoms with van der Waals surface area (Å²) in [6.45, 7) is 5.44. The van der Waals surface area contributed by atoms with Crippen molar-refractivity contribution in [1.29, 1.82) is 0 Å². The first-order valence-electron chi connectivity index (χ1n) is 6.95. The molecule has 0 amide bonds. The Morgan fingerprint density at radius 2 is 2.10 bits per heavy atom. The number of rotatable bonds is 4. The van der Waals surface area contributed by atoms with Crippen molar-refractivity contribution in [2.24, 2.45) is 7.05 Å². The molecule has 0 aliphatic heterocycles. The van der Waals surface area contributed by atoms with E-state index in [1.165, 1.54) is 6.07 Å². The van der Waals surface area contributed by atoms with Gasteiger partial charge in [0.15, 0.2) is 0 Å². The Morgan fingerprint density at radius 3 is 2.62 bits per heavy atom. The zero-order valence-corrected chi connectivity index (χ0v) is 14.3. The monoisotopic (exact) mass is 354 g/mol. The number of halogens is 2. The first-order valence-corrected chi connectivity index (χ1v) is 7.74. The fourth-order valence-corrected chi connectivity index (χ4v) is 3.12. The minimum Gasteiger partial charge on any atom is -0.385 e. The Morgan fingerprint density at radius 1 is 1.43 bits per heavy atom. The third-order valence-corrected chi connectivity index (χ3v) is 4.72. The summed E-state index contributed by atoms with van der Waals surface area (Å²) in [6.07, 6.45) is 1.18. The van der Waals surface area contributed by atoms with Crippen molar-refractivity contribution in [2.75, 3.05) is 0 Å². The lowest BCUT2D eigenvalue weighted by molar-refractivity contribution is 0.0551. The third kappa shape index (κ3) is 3.19. The van der Waals surface area contributed by atoms with Gasteiger partial charge in [0.2, 0.25) is 0 Å². The van der Waals surface area contributed by atoms with Crippen LogP contribution in [0.25, 0.3) is 0 Å². The molecule has 2 rings (SSSR count). The van der Waals surface area contributed by atoms with Crippen molar-refractivity contribution < 1.29 is 9.50 Å². The van der Waals surface area contributed by atoms with E-state index in [1.54, 1.807) is 30.7 Å². The van der Waals surface area contributed by atoms with Crippen molar-refractivity contribution >= 4 is 15.9 Å². The Kier molecular flexibility index (Phi) is 4.54. The fraction of sp³-hybridized carbons (Fsp3) is 0.438. The van der Waals surface area contributed by atoms with E-state index >= 15 is 0 Å². The third-order valence-electron chi connectivity index (χ3n) is 3.81. The molecule has 0 radical (unpaired) electrons. The molecule has 0 spiro atoms. The number of aryl methyl sites for hydroxylation is 3. The van der Waals surface area contributed by atoms with Gasteiger partial charge in [0.25, 0.3) is 0 Å². The molecule has 1 unspecified atom stereocenters. The molecule has 1 aromatic carbocycles. The van der Waals surface area contributed by atoms with Crippen LogP contribution in [-0.2, 0) is 25.5 Å². The van der Waals surface area contributed by atoms with Gasteiger partial charge >= 0.3 is 0 Å². The van der Waals surface area contributed by atoms with Gasteiger partial charge in [-0.15, -0.1) is 0 Å². The highest BCUT2D eigenvalue weighted by Gasteiger charge is 2.28. The number of hydrogen-bond acceptors (Lipinski definition) is 2. The van der Waals surface area contributed by atoms with Crippen LogP contribution in [0.5, 0.6) is 0 Å². The molecule has 1 atom stereocenters. The summed E-state index contributed by atoms with van der Waals surface area (Å²) in [5.74, 6) is -0.300. The SMILES string of the molecule is CCc1nn(C)c(CC(C)(O)c2ccc(C)c(F)c2)c1Br. The summed E-state index contributed by atoms with van der Waals surface area (Å²) in [6, 6.07) is 4.86. The van der Waals surface area contributed by atoms with Crippen LogP contribution in [0, 0.1) is 12.7 Å². The number of hydrogen-bond donors (Lipinski definition) is 1. The predicted molar refractivity (Wildman–Crippen MR) is 84.7 cm³/mol. The Balaban J connectivity index is 2.37. The second kappa shape index (κ2) is 5.89. The van der Waals surface area contributed by atoms with Crippen molar-refractivity contribution in [2.45, 2.75) is 39.2 Å². The van der Waals surface area contributed by atoms with Gasteiger partial charge < -0.3 is 5.11 Å². The molecule has 114 valence electrons. The first-order chi connectivity index (χ1) is 9.76. The molecule has 21 heavy (non-hydrogen) atoms. The molecule has 0 bridgehead atoms. The average Bonchev–Trinajstić information content (AvgIpc) is 2.69. The molecule has 0 aliphatic rings. The molecule has 5 heteroatoms. The van der Waals surface area contributed by atoms with E-state index in [1.807, 2.05) is 14.0 Å². The molecule has 1 heterocycles. The second-order valence-corrected chi connectivity index (χ2v) is 6.39. The topological polar surface area (TPSA) is 38.0 Å². The van der Waals surface area contributed by atoms with Crippen molar-refractivity contribution in [3.63, 3.8) is 0 Å². The van der Waals surface area contributed by atoms with Crippen LogP contribution in [0.2, 0.25) is 0 Å². The lowest BCUT2D eigenvalue weighted by Crippen LogP contribution is -2.26. The molecular formula is C16H20BrFN2O. The van der Waals surface area contributed by atoms with Crippen LogP contribution < -0.4 is 0 Å². The van der Waals surface area contributed by atoms with E-state index in [0.717, 1.165) is 22.3 Å². The van der Waals surface area contributed by atoms with E-state index in [2.05, 4.69) is 21.0 Å². The Labute approximate surface area is 132 Å². The van der Waals surface area contributed by atoms with Crippen molar-refractivity contribution in [3.8, 4) is 0 Å². The van der Waals surface area contributed by atoms with E-state index in [-0.39, 0.29) is 5.82 Å². The number of aliphatic hydroxyl groups is 1. The summed E-state index contributed by atoms with van der Waals surface area (Å²) in [7, 11) is 1.85. The van der Waals surface area contributed by atoms with Gasteiger partial charge in [0.1, 0.15) is 5.82 Å². The van der Waals surface area contributed by atoms with Crippen molar-refractivity contribution in [1.82, 2.24) is 9.78 Å². The molecule has 3 nitrogen and oxygen atoms in total. The van der Waals surface area contributed by atoms with Crippen LogP contribution in [0.4, 0.5) is 4.39 Å². The lowest BCUT2D eigenvalue weighted by Gasteiger charge is -2.24. The molecule has 0 aliphatic carbocycles. The van der Waals surface area contributed by atoms with E-state index in [4.69, 9.17) is 0 Å². The maximum atomic E-state index is 13.7. The van der Waals surface area contributed by atoms with Crippen molar-refractivity contribution in [3.05, 3.63) is 51.0 Å². The molecule has 0 saturated heterocycles. The molecular weight excluding hydrogens is 335 g/mol. The number of aromatic nitrogens is 2. The highest BCUT2D eigenvalue weighted by molar-refractivity contribution is 9.10. The van der Waals surface area contributed by atoms with Gasteiger partial charge in [-0.05, 0) is 53.4 Å². The molecule has 0 fully saturated rings. The quantitative estimate of drug-likeness (QED) is 0.909. The highest BCUT2D eigenvalue weighted by atomic mass is 79.9. The molecule has 1 aromatic heterocycles. The summed E-state index contributed by atoms with van der Waals surface area (Å²) >= 11 is 3.55. The zero-order valence-electron chi connectivity index (χ0n) is 12.7. The van der Waals surface area contributed by atoms with Gasteiger partial charge in [0, 0.05) is 13.5 Å². The standard InChI is InChI=1S/C16H20BrFN2O/c1-5-13-15(17)14(20(4)19-13)9-16(3,21)11-7-6-10(2)12(18)8-11/h6-8,21H,5,9H2,1-4H3. The summed E-state index contributed by atoms with van der Waals surface area (Å²) < 4.78 is 16.4. The smallest absolute Gasteiger partial charge is 0.126 e. The van der Waals surface area contributed by atoms with Gasteiger partial charge in [-0.25, -0.2) is 4.39 Å². The predicted octanol–water partition coefficient (Wildman–Crippen LogP) is 3.64. The maximum Gasteiger partial charge on any atom is 0.126 e. The van der Waals surface area contributed by atoms with Crippen LogP contribution in [0.1, 0.15) is 36.4 Å².